The van der Waals surface area contributed by atoms with Crippen LogP contribution in [0.15, 0.2) is 0 Å². The molecule has 0 aliphatic heterocycles. The highest BCUT2D eigenvalue weighted by atomic mass is 32.3. The van der Waals surface area contributed by atoms with Gasteiger partial charge in [0.15, 0.2) is 0 Å². The molecule has 0 amide bonds. The molecule has 0 unspecified atom stereocenters. The number of rotatable bonds is 19. The van der Waals surface area contributed by atoms with Gasteiger partial charge in [-0.25, -0.2) is 4.18 Å². The van der Waals surface area contributed by atoms with Crippen molar-refractivity contribution in [3.05, 3.63) is 0 Å². The van der Waals surface area contributed by atoms with E-state index >= 15 is 0 Å². The average Bonchev–Trinajstić information content (AvgIpc) is 2.70. The summed E-state index contributed by atoms with van der Waals surface area (Å²) in [5.41, 5.74) is 0. The maximum atomic E-state index is 10.1. The van der Waals surface area contributed by atoms with Gasteiger partial charge in [0, 0.05) is 13.2 Å². The highest BCUT2D eigenvalue weighted by Crippen LogP contribution is 2.02. The van der Waals surface area contributed by atoms with Crippen LogP contribution in [0, 0.1) is 0 Å². The number of aliphatic hydroxyl groups excluding tert-OH is 2. The molecule has 186 valence electrons. The zero-order valence-electron chi connectivity index (χ0n) is 18.9. The van der Waals surface area contributed by atoms with Crippen LogP contribution in [0.5, 0.6) is 0 Å². The lowest BCUT2D eigenvalue weighted by Crippen LogP contribution is -2.11. The van der Waals surface area contributed by atoms with E-state index < -0.39 is 10.4 Å². The summed E-state index contributed by atoms with van der Waals surface area (Å²) >= 11 is 0. The minimum Gasteiger partial charge on any atom is -0.394 e. The molecule has 0 aliphatic rings. The summed E-state index contributed by atoms with van der Waals surface area (Å²) in [4.78, 5) is 0. The molecule has 0 radical (unpaired) electrons. The largest absolute Gasteiger partial charge is 0.397 e. The minimum atomic E-state index is -4.22. The van der Waals surface area contributed by atoms with Crippen LogP contribution < -0.4 is 0 Å². The maximum absolute atomic E-state index is 10.1. The molecule has 0 saturated carbocycles. The van der Waals surface area contributed by atoms with Crippen LogP contribution in [0.3, 0.4) is 0 Å². The fraction of sp³-hybridized carbons (Fsp3) is 1.00. The van der Waals surface area contributed by atoms with Gasteiger partial charge >= 0.3 is 10.4 Å². The summed E-state index contributed by atoms with van der Waals surface area (Å²) in [5.74, 6) is 0. The summed E-state index contributed by atoms with van der Waals surface area (Å²) in [6.07, 6.45) is 5.03. The third-order valence-electron chi connectivity index (χ3n) is 3.10. The topological polar surface area (TPSA) is 141 Å². The van der Waals surface area contributed by atoms with E-state index in [1.54, 1.807) is 0 Å². The number of hydrogen-bond donors (Lipinski definition) is 3. The molecular weight excluding hydrogens is 420 g/mol. The number of ether oxygens (including phenoxy) is 4. The van der Waals surface area contributed by atoms with Crippen LogP contribution in [0.4, 0.5) is 0 Å². The monoisotopic (exact) mass is 464 g/mol. The second-order valence-electron chi connectivity index (χ2n) is 5.73. The van der Waals surface area contributed by atoms with E-state index in [2.05, 4.69) is 11.1 Å². The van der Waals surface area contributed by atoms with E-state index in [0.717, 1.165) is 38.9 Å². The SMILES string of the molecule is CCCCCCCOS(=O)(=O)O.CCOCC.OCCOCCOCCOCCO. The third-order valence-corrected chi connectivity index (χ3v) is 3.57. The lowest BCUT2D eigenvalue weighted by Gasteiger charge is -2.04. The molecule has 3 N–H and O–H groups in total. The van der Waals surface area contributed by atoms with Gasteiger partial charge in [0.05, 0.1) is 59.5 Å². The number of unbranched alkanes of at least 4 members (excludes halogenated alkanes) is 4. The van der Waals surface area contributed by atoms with E-state index in [4.69, 9.17) is 33.7 Å². The van der Waals surface area contributed by atoms with Gasteiger partial charge in [-0.15, -0.1) is 0 Å². The Balaban J connectivity index is -0.000000399. The van der Waals surface area contributed by atoms with Crippen LogP contribution in [0.1, 0.15) is 52.9 Å². The van der Waals surface area contributed by atoms with Crippen LogP contribution in [0.25, 0.3) is 0 Å². The van der Waals surface area contributed by atoms with Crippen molar-refractivity contribution < 1.29 is 46.3 Å². The second kappa shape index (κ2) is 30.8. The molecule has 0 saturated heterocycles. The Kier molecular flexibility index (Phi) is 35.2. The van der Waals surface area contributed by atoms with Gasteiger partial charge in [-0.3, -0.25) is 4.55 Å². The summed E-state index contributed by atoms with van der Waals surface area (Å²) < 4.78 is 52.3. The van der Waals surface area contributed by atoms with Crippen molar-refractivity contribution in [2.75, 3.05) is 72.7 Å². The average molecular weight is 465 g/mol. The summed E-state index contributed by atoms with van der Waals surface area (Å²) in [6.45, 7) is 10.6. The van der Waals surface area contributed by atoms with Crippen molar-refractivity contribution in [1.29, 1.82) is 0 Å². The predicted molar refractivity (Wildman–Crippen MR) is 115 cm³/mol. The molecule has 0 aromatic heterocycles. The Morgan fingerprint density at radius 2 is 1.03 bits per heavy atom. The van der Waals surface area contributed by atoms with Crippen molar-refractivity contribution in [2.45, 2.75) is 52.9 Å². The first-order valence-corrected chi connectivity index (χ1v) is 11.9. The van der Waals surface area contributed by atoms with Crippen molar-refractivity contribution in [3.8, 4) is 0 Å². The number of hydrogen-bond acceptors (Lipinski definition) is 9. The van der Waals surface area contributed by atoms with Gasteiger partial charge in [-0.1, -0.05) is 32.6 Å². The zero-order valence-corrected chi connectivity index (χ0v) is 19.7. The first kappa shape index (κ1) is 34.2. The van der Waals surface area contributed by atoms with Gasteiger partial charge in [0.2, 0.25) is 0 Å². The van der Waals surface area contributed by atoms with Crippen LogP contribution >= 0.6 is 0 Å². The van der Waals surface area contributed by atoms with Gasteiger partial charge in [0.1, 0.15) is 0 Å². The van der Waals surface area contributed by atoms with Crippen LogP contribution in [-0.4, -0.2) is 95.9 Å². The summed E-state index contributed by atoms with van der Waals surface area (Å²) in [6, 6.07) is 0. The van der Waals surface area contributed by atoms with E-state index in [0.29, 0.717) is 46.1 Å². The van der Waals surface area contributed by atoms with E-state index in [1.165, 1.54) is 0 Å². The van der Waals surface area contributed by atoms with Crippen LogP contribution in [0.2, 0.25) is 0 Å². The summed E-state index contributed by atoms with van der Waals surface area (Å²) in [5, 5.41) is 16.7. The smallest absolute Gasteiger partial charge is 0.394 e. The van der Waals surface area contributed by atoms with Crippen molar-refractivity contribution >= 4 is 10.4 Å². The van der Waals surface area contributed by atoms with E-state index in [9.17, 15) is 8.42 Å². The van der Waals surface area contributed by atoms with Crippen molar-refractivity contribution in [2.24, 2.45) is 0 Å². The molecule has 0 spiro atoms. The lowest BCUT2D eigenvalue weighted by molar-refractivity contribution is 0.00230. The van der Waals surface area contributed by atoms with Gasteiger partial charge in [-0.2, -0.15) is 8.42 Å². The molecule has 0 heterocycles. The maximum Gasteiger partial charge on any atom is 0.397 e. The fourth-order valence-electron chi connectivity index (χ4n) is 1.74. The second-order valence-corrected chi connectivity index (χ2v) is 6.82. The molecule has 0 aromatic rings. The van der Waals surface area contributed by atoms with E-state index in [-0.39, 0.29) is 19.8 Å². The molecule has 0 rings (SSSR count). The van der Waals surface area contributed by atoms with Crippen molar-refractivity contribution in [3.63, 3.8) is 0 Å². The normalized spacial score (nSPS) is 10.7. The minimum absolute atomic E-state index is 0.0413. The molecule has 0 aromatic carbocycles. The van der Waals surface area contributed by atoms with Gasteiger partial charge < -0.3 is 29.2 Å². The van der Waals surface area contributed by atoms with E-state index in [1.807, 2.05) is 13.8 Å². The predicted octanol–water partition coefficient (Wildman–Crippen LogP) is 1.84. The molecule has 11 heteroatoms. The van der Waals surface area contributed by atoms with Gasteiger partial charge in [0.25, 0.3) is 0 Å². The quantitative estimate of drug-likeness (QED) is 0.191. The molecule has 0 fully saturated rings. The Hall–Kier alpha value is -0.370. The third kappa shape index (κ3) is 46.0. The number of aliphatic hydroxyl groups is 2. The van der Waals surface area contributed by atoms with Crippen LogP contribution in [-0.2, 0) is 33.5 Å². The Morgan fingerprint density at radius 3 is 1.37 bits per heavy atom. The molecular formula is C19H44O10S. The first-order valence-electron chi connectivity index (χ1n) is 10.5. The molecule has 0 bridgehead atoms. The highest BCUT2D eigenvalue weighted by molar-refractivity contribution is 7.80. The first-order chi connectivity index (χ1) is 14.4. The fourth-order valence-corrected chi connectivity index (χ4v) is 2.07. The summed E-state index contributed by atoms with van der Waals surface area (Å²) in [7, 11) is -4.22. The Labute approximate surface area is 182 Å². The molecule has 30 heavy (non-hydrogen) atoms. The Morgan fingerprint density at radius 1 is 0.600 bits per heavy atom. The highest BCUT2D eigenvalue weighted by Gasteiger charge is 2.02. The van der Waals surface area contributed by atoms with Crippen molar-refractivity contribution in [1.82, 2.24) is 0 Å². The standard InChI is InChI=1S/C8H18O5.C7H16O4S.C4H10O/c9-1-3-11-5-7-13-8-6-12-4-2-10;1-2-3-4-5-6-7-11-12(8,9)10;1-3-5-4-2/h9-10H,1-8H2;2-7H2,1H3,(H,8,9,10);3-4H2,1-2H3. The lowest BCUT2D eigenvalue weighted by atomic mass is 10.2. The Bertz CT molecular complexity index is 368. The molecule has 0 atom stereocenters. The van der Waals surface area contributed by atoms with Gasteiger partial charge in [-0.05, 0) is 20.3 Å². The molecule has 0 aliphatic carbocycles. The zero-order chi connectivity index (χ0) is 23.3. The molecule has 10 nitrogen and oxygen atoms in total.